The van der Waals surface area contributed by atoms with Crippen molar-refractivity contribution >= 4 is 52.5 Å². The monoisotopic (exact) mass is 461 g/mol. The number of hydrogen-bond acceptors (Lipinski definition) is 3. The second-order valence-electron chi connectivity index (χ2n) is 6.23. The first-order valence-electron chi connectivity index (χ1n) is 8.94. The normalized spacial score (nSPS) is 10.8. The van der Waals surface area contributed by atoms with Crippen molar-refractivity contribution in [1.29, 1.82) is 0 Å². The van der Waals surface area contributed by atoms with Crippen molar-refractivity contribution in [1.82, 2.24) is 0 Å². The molecule has 3 rings (SSSR count). The van der Waals surface area contributed by atoms with E-state index in [2.05, 4.69) is 5.32 Å². The summed E-state index contributed by atoms with van der Waals surface area (Å²) in [7, 11) is 1.55. The number of rotatable bonds is 7. The summed E-state index contributed by atoms with van der Waals surface area (Å²) >= 11 is 18.3. The molecule has 0 heterocycles. The summed E-state index contributed by atoms with van der Waals surface area (Å²) in [5.74, 6) is 0.787. The summed E-state index contributed by atoms with van der Waals surface area (Å²) in [4.78, 5) is 12.1. The van der Waals surface area contributed by atoms with Crippen LogP contribution in [0.1, 0.15) is 11.1 Å². The minimum atomic E-state index is -0.273. The zero-order chi connectivity index (χ0) is 21.5. The van der Waals surface area contributed by atoms with Crippen LogP contribution in [-0.2, 0) is 11.4 Å². The first-order valence-corrected chi connectivity index (χ1v) is 10.1. The SMILES string of the molecule is COc1cc(/C=C/C(=O)Nc2cccc(Cl)c2)ccc1OCc1c(Cl)cccc1Cl. The molecule has 0 aliphatic carbocycles. The number of methoxy groups -OCH3 is 1. The van der Waals surface area contributed by atoms with Crippen molar-refractivity contribution in [2.24, 2.45) is 0 Å². The number of carbonyl (C=O) groups is 1. The maximum Gasteiger partial charge on any atom is 0.248 e. The summed E-state index contributed by atoms with van der Waals surface area (Å²) in [6.07, 6.45) is 3.11. The van der Waals surface area contributed by atoms with Crippen LogP contribution in [0.4, 0.5) is 5.69 Å². The van der Waals surface area contributed by atoms with Crippen molar-refractivity contribution in [3.05, 3.63) is 92.9 Å². The van der Waals surface area contributed by atoms with Crippen LogP contribution in [0.15, 0.2) is 66.7 Å². The van der Waals surface area contributed by atoms with Gasteiger partial charge in [0.1, 0.15) is 6.61 Å². The molecule has 0 unspecified atom stereocenters. The predicted molar refractivity (Wildman–Crippen MR) is 123 cm³/mol. The van der Waals surface area contributed by atoms with Gasteiger partial charge < -0.3 is 14.8 Å². The molecule has 0 aromatic heterocycles. The van der Waals surface area contributed by atoms with Crippen LogP contribution in [0.5, 0.6) is 11.5 Å². The standard InChI is InChI=1S/C23H18Cl3NO3/c1-29-22-12-15(9-11-23(28)27-17-5-2-4-16(24)13-17)8-10-21(22)30-14-18-19(25)6-3-7-20(18)26/h2-13H,14H2,1H3,(H,27,28)/b11-9+. The number of nitrogens with one attached hydrogen (secondary N) is 1. The largest absolute Gasteiger partial charge is 0.493 e. The molecule has 0 bridgehead atoms. The van der Waals surface area contributed by atoms with Crippen LogP contribution in [0, 0.1) is 0 Å². The molecule has 0 aliphatic rings. The number of amides is 1. The summed E-state index contributed by atoms with van der Waals surface area (Å²) in [5, 5.41) is 4.37. The van der Waals surface area contributed by atoms with Gasteiger partial charge in [-0.1, -0.05) is 53.0 Å². The van der Waals surface area contributed by atoms with Gasteiger partial charge in [0.2, 0.25) is 5.91 Å². The number of carbonyl (C=O) groups excluding carboxylic acids is 1. The molecule has 0 fully saturated rings. The van der Waals surface area contributed by atoms with Crippen LogP contribution in [0.25, 0.3) is 6.08 Å². The molecular weight excluding hydrogens is 445 g/mol. The van der Waals surface area contributed by atoms with E-state index in [1.165, 1.54) is 6.08 Å². The van der Waals surface area contributed by atoms with E-state index in [1.807, 2.05) is 6.07 Å². The van der Waals surface area contributed by atoms with Crippen molar-refractivity contribution < 1.29 is 14.3 Å². The quantitative estimate of drug-likeness (QED) is 0.389. The van der Waals surface area contributed by atoms with Gasteiger partial charge in [0.15, 0.2) is 11.5 Å². The molecule has 7 heteroatoms. The minimum Gasteiger partial charge on any atom is -0.493 e. The molecular formula is C23H18Cl3NO3. The Morgan fingerprint density at radius 2 is 1.70 bits per heavy atom. The highest BCUT2D eigenvalue weighted by Crippen LogP contribution is 2.31. The van der Waals surface area contributed by atoms with Gasteiger partial charge in [0.05, 0.1) is 7.11 Å². The van der Waals surface area contributed by atoms with E-state index in [0.717, 1.165) is 5.56 Å². The number of hydrogen-bond donors (Lipinski definition) is 1. The number of halogens is 3. The lowest BCUT2D eigenvalue weighted by Crippen LogP contribution is -2.07. The Morgan fingerprint density at radius 3 is 2.40 bits per heavy atom. The van der Waals surface area contributed by atoms with Gasteiger partial charge in [-0.3, -0.25) is 4.79 Å². The van der Waals surface area contributed by atoms with E-state index in [4.69, 9.17) is 44.3 Å². The topological polar surface area (TPSA) is 47.6 Å². The molecule has 0 radical (unpaired) electrons. The highest BCUT2D eigenvalue weighted by molar-refractivity contribution is 6.36. The Kier molecular flexibility index (Phi) is 7.63. The molecule has 3 aromatic carbocycles. The minimum absolute atomic E-state index is 0.200. The third-order valence-electron chi connectivity index (χ3n) is 4.14. The summed E-state index contributed by atoms with van der Waals surface area (Å²) < 4.78 is 11.2. The Morgan fingerprint density at radius 1 is 0.967 bits per heavy atom. The van der Waals surface area contributed by atoms with Crippen molar-refractivity contribution in [3.63, 3.8) is 0 Å². The second kappa shape index (κ2) is 10.4. The maximum atomic E-state index is 12.1. The summed E-state index contributed by atoms with van der Waals surface area (Å²) in [6.45, 7) is 0.200. The van der Waals surface area contributed by atoms with E-state index in [9.17, 15) is 4.79 Å². The third kappa shape index (κ3) is 5.92. The second-order valence-corrected chi connectivity index (χ2v) is 7.48. The third-order valence-corrected chi connectivity index (χ3v) is 5.08. The predicted octanol–water partition coefficient (Wildman–Crippen LogP) is 6.89. The average Bonchev–Trinajstić information content (AvgIpc) is 2.72. The Labute approximate surface area is 190 Å². The van der Waals surface area contributed by atoms with E-state index in [1.54, 1.807) is 67.8 Å². The van der Waals surface area contributed by atoms with Gasteiger partial charge in [0, 0.05) is 32.4 Å². The Bertz CT molecular complexity index is 1060. The average molecular weight is 463 g/mol. The molecule has 154 valence electrons. The van der Waals surface area contributed by atoms with Crippen molar-refractivity contribution in [2.75, 3.05) is 12.4 Å². The van der Waals surface area contributed by atoms with Crippen molar-refractivity contribution in [3.8, 4) is 11.5 Å². The molecule has 4 nitrogen and oxygen atoms in total. The van der Waals surface area contributed by atoms with Crippen molar-refractivity contribution in [2.45, 2.75) is 6.61 Å². The smallest absolute Gasteiger partial charge is 0.248 e. The fourth-order valence-corrected chi connectivity index (χ4v) is 3.35. The molecule has 3 aromatic rings. The lowest BCUT2D eigenvalue weighted by molar-refractivity contribution is -0.111. The molecule has 1 N–H and O–H groups in total. The molecule has 1 amide bonds. The summed E-state index contributed by atoms with van der Waals surface area (Å²) in [6, 6.07) is 17.6. The molecule has 0 atom stereocenters. The highest BCUT2D eigenvalue weighted by atomic mass is 35.5. The first-order chi connectivity index (χ1) is 14.5. The van der Waals surface area contributed by atoms with Crippen LogP contribution in [0.3, 0.4) is 0 Å². The van der Waals surface area contributed by atoms with Crippen LogP contribution >= 0.6 is 34.8 Å². The molecule has 30 heavy (non-hydrogen) atoms. The molecule has 0 aliphatic heterocycles. The van der Waals surface area contributed by atoms with Gasteiger partial charge in [-0.25, -0.2) is 0 Å². The number of benzene rings is 3. The van der Waals surface area contributed by atoms with E-state index in [-0.39, 0.29) is 12.5 Å². The highest BCUT2D eigenvalue weighted by Gasteiger charge is 2.10. The van der Waals surface area contributed by atoms with E-state index in [0.29, 0.717) is 37.8 Å². The van der Waals surface area contributed by atoms with E-state index >= 15 is 0 Å². The number of anilines is 1. The first kappa shape index (κ1) is 22.0. The molecule has 0 saturated heterocycles. The van der Waals surface area contributed by atoms with Gasteiger partial charge >= 0.3 is 0 Å². The lowest BCUT2D eigenvalue weighted by Gasteiger charge is -2.13. The molecule has 0 spiro atoms. The van der Waals surface area contributed by atoms with Crippen LogP contribution < -0.4 is 14.8 Å². The Balaban J connectivity index is 1.67. The Hall–Kier alpha value is -2.66. The fourth-order valence-electron chi connectivity index (χ4n) is 2.65. The zero-order valence-corrected chi connectivity index (χ0v) is 18.3. The molecule has 0 saturated carbocycles. The van der Waals surface area contributed by atoms with Gasteiger partial charge in [-0.2, -0.15) is 0 Å². The summed E-state index contributed by atoms with van der Waals surface area (Å²) in [5.41, 5.74) is 2.09. The van der Waals surface area contributed by atoms with Crippen LogP contribution in [-0.4, -0.2) is 13.0 Å². The maximum absolute atomic E-state index is 12.1. The lowest BCUT2D eigenvalue weighted by atomic mass is 10.2. The van der Waals surface area contributed by atoms with E-state index < -0.39 is 0 Å². The van der Waals surface area contributed by atoms with Gasteiger partial charge in [0.25, 0.3) is 0 Å². The van der Waals surface area contributed by atoms with Crippen LogP contribution in [0.2, 0.25) is 15.1 Å². The van der Waals surface area contributed by atoms with Gasteiger partial charge in [-0.05, 0) is 54.1 Å². The fraction of sp³-hybridized carbons (Fsp3) is 0.0870. The van der Waals surface area contributed by atoms with Gasteiger partial charge in [-0.15, -0.1) is 0 Å². The number of ether oxygens (including phenoxy) is 2. The zero-order valence-electron chi connectivity index (χ0n) is 16.0.